The number of carbonyl (C=O) groups excluding carboxylic acids is 1. The Hall–Kier alpha value is -0.630. The topological polar surface area (TPSA) is 17.1 Å². The zero-order valence-corrected chi connectivity index (χ0v) is 14.3. The molecule has 0 heterocycles. The lowest BCUT2D eigenvalue weighted by Crippen LogP contribution is -2.54. The molecule has 0 saturated heterocycles. The van der Waals surface area contributed by atoms with Gasteiger partial charge in [-0.1, -0.05) is 35.0 Å². The van der Waals surface area contributed by atoms with E-state index in [4.69, 9.17) is 0 Å². The molecular formula is C19H23BrO. The molecular weight excluding hydrogens is 324 g/mol. The Labute approximate surface area is 135 Å². The van der Waals surface area contributed by atoms with Crippen LogP contribution in [0.5, 0.6) is 0 Å². The Balaban J connectivity index is 1.57. The molecule has 2 unspecified atom stereocenters. The largest absolute Gasteiger partial charge is 0.299 e. The molecule has 2 heteroatoms. The Morgan fingerprint density at radius 2 is 1.76 bits per heavy atom. The van der Waals surface area contributed by atoms with Crippen molar-refractivity contribution < 1.29 is 4.79 Å². The molecule has 2 atom stereocenters. The molecule has 0 N–H and O–H groups in total. The lowest BCUT2D eigenvalue weighted by molar-refractivity contribution is -0.152. The Morgan fingerprint density at radius 3 is 2.33 bits per heavy atom. The first-order chi connectivity index (χ1) is 9.96. The predicted octanol–water partition coefficient (Wildman–Crippen LogP) is 5.17. The monoisotopic (exact) mass is 346 g/mol. The highest BCUT2D eigenvalue weighted by atomic mass is 79.9. The van der Waals surface area contributed by atoms with Crippen LogP contribution in [0.2, 0.25) is 0 Å². The fraction of sp³-hybridized carbons (Fsp3) is 0.632. The van der Waals surface area contributed by atoms with Crippen LogP contribution in [0.3, 0.4) is 0 Å². The van der Waals surface area contributed by atoms with Crippen molar-refractivity contribution in [3.05, 3.63) is 34.3 Å². The molecule has 4 fully saturated rings. The van der Waals surface area contributed by atoms with Crippen molar-refractivity contribution in [1.82, 2.24) is 0 Å². The van der Waals surface area contributed by atoms with Gasteiger partial charge < -0.3 is 0 Å². The van der Waals surface area contributed by atoms with Crippen molar-refractivity contribution >= 4 is 21.7 Å². The number of Topliss-reactive ketones (excluding diaryl/α,β-unsaturated/α-hetero) is 1. The second-order valence-electron chi connectivity index (χ2n) is 8.28. The van der Waals surface area contributed by atoms with Gasteiger partial charge in [0, 0.05) is 16.3 Å². The SMILES string of the molecule is CC12CC3CC(C1)CC(C(=O)Cc1ccc(Br)cc1)(C3)C2. The molecule has 4 bridgehead atoms. The van der Waals surface area contributed by atoms with E-state index in [-0.39, 0.29) is 5.41 Å². The molecule has 1 aromatic rings. The summed E-state index contributed by atoms with van der Waals surface area (Å²) in [6.07, 6.45) is 8.27. The van der Waals surface area contributed by atoms with E-state index >= 15 is 0 Å². The highest BCUT2D eigenvalue weighted by Gasteiger charge is 2.58. The van der Waals surface area contributed by atoms with Crippen molar-refractivity contribution in [2.24, 2.45) is 22.7 Å². The summed E-state index contributed by atoms with van der Waals surface area (Å²) in [5.41, 5.74) is 1.65. The van der Waals surface area contributed by atoms with Gasteiger partial charge in [0.05, 0.1) is 0 Å². The molecule has 0 radical (unpaired) electrons. The van der Waals surface area contributed by atoms with E-state index in [1.54, 1.807) is 0 Å². The first kappa shape index (κ1) is 14.0. The maximum Gasteiger partial charge on any atom is 0.143 e. The van der Waals surface area contributed by atoms with Crippen molar-refractivity contribution in [2.45, 2.75) is 51.9 Å². The van der Waals surface area contributed by atoms with Gasteiger partial charge >= 0.3 is 0 Å². The molecule has 21 heavy (non-hydrogen) atoms. The Kier molecular flexibility index (Phi) is 3.12. The second kappa shape index (κ2) is 4.68. The molecule has 0 aromatic heterocycles. The molecule has 4 saturated carbocycles. The second-order valence-corrected chi connectivity index (χ2v) is 9.19. The standard InChI is InChI=1S/C19H23BrO/c1-18-8-14-6-15(9-18)11-19(10-14,12-18)17(21)7-13-2-4-16(20)5-3-13/h2-5,14-15H,6-12H2,1H3. The predicted molar refractivity (Wildman–Crippen MR) is 88.1 cm³/mol. The van der Waals surface area contributed by atoms with E-state index in [9.17, 15) is 4.79 Å². The van der Waals surface area contributed by atoms with E-state index in [1.165, 1.54) is 37.7 Å². The van der Waals surface area contributed by atoms with Crippen LogP contribution in [0.1, 0.15) is 51.0 Å². The third-order valence-electron chi connectivity index (χ3n) is 6.22. The quantitative estimate of drug-likeness (QED) is 0.737. The molecule has 5 rings (SSSR count). The summed E-state index contributed by atoms with van der Waals surface area (Å²) in [5, 5.41) is 0. The summed E-state index contributed by atoms with van der Waals surface area (Å²) in [6.45, 7) is 2.44. The van der Waals surface area contributed by atoms with Gasteiger partial charge in [0.25, 0.3) is 0 Å². The maximum absolute atomic E-state index is 13.1. The number of halogens is 1. The highest BCUT2D eigenvalue weighted by Crippen LogP contribution is 2.65. The first-order valence-electron chi connectivity index (χ1n) is 8.24. The van der Waals surface area contributed by atoms with Crippen LogP contribution in [-0.4, -0.2) is 5.78 Å². The van der Waals surface area contributed by atoms with Gasteiger partial charge in [-0.15, -0.1) is 0 Å². The smallest absolute Gasteiger partial charge is 0.143 e. The number of hydrogen-bond donors (Lipinski definition) is 0. The van der Waals surface area contributed by atoms with Crippen LogP contribution in [0.4, 0.5) is 0 Å². The van der Waals surface area contributed by atoms with Crippen LogP contribution in [0.25, 0.3) is 0 Å². The fourth-order valence-corrected chi connectivity index (χ4v) is 6.29. The molecule has 1 aromatic carbocycles. The van der Waals surface area contributed by atoms with E-state index in [0.717, 1.165) is 22.7 Å². The van der Waals surface area contributed by atoms with E-state index < -0.39 is 0 Å². The molecule has 1 nitrogen and oxygen atoms in total. The van der Waals surface area contributed by atoms with Crippen molar-refractivity contribution in [2.75, 3.05) is 0 Å². The van der Waals surface area contributed by atoms with Crippen molar-refractivity contribution in [1.29, 1.82) is 0 Å². The van der Waals surface area contributed by atoms with Crippen molar-refractivity contribution in [3.8, 4) is 0 Å². The number of rotatable bonds is 3. The lowest BCUT2D eigenvalue weighted by atomic mass is 9.43. The molecule has 112 valence electrons. The third-order valence-corrected chi connectivity index (χ3v) is 6.75. The minimum atomic E-state index is 0.0197. The minimum absolute atomic E-state index is 0.0197. The summed E-state index contributed by atoms with van der Waals surface area (Å²) < 4.78 is 1.08. The number of hydrogen-bond acceptors (Lipinski definition) is 1. The van der Waals surface area contributed by atoms with Crippen LogP contribution >= 0.6 is 15.9 Å². The summed E-state index contributed by atoms with van der Waals surface area (Å²) in [4.78, 5) is 13.1. The number of benzene rings is 1. The van der Waals surface area contributed by atoms with Gasteiger partial charge in [-0.25, -0.2) is 0 Å². The zero-order chi connectivity index (χ0) is 14.7. The molecule has 0 amide bonds. The fourth-order valence-electron chi connectivity index (χ4n) is 6.02. The average molecular weight is 347 g/mol. The van der Waals surface area contributed by atoms with Gasteiger partial charge in [-0.05, 0) is 73.5 Å². The first-order valence-corrected chi connectivity index (χ1v) is 9.04. The van der Waals surface area contributed by atoms with Crippen molar-refractivity contribution in [3.63, 3.8) is 0 Å². The average Bonchev–Trinajstić information content (AvgIpc) is 2.38. The summed E-state index contributed by atoms with van der Waals surface area (Å²) in [6, 6.07) is 8.27. The number of ketones is 1. The Bertz CT molecular complexity index is 560. The van der Waals surface area contributed by atoms with Crippen LogP contribution in [0.15, 0.2) is 28.7 Å². The maximum atomic E-state index is 13.1. The van der Waals surface area contributed by atoms with E-state index in [0.29, 0.717) is 17.6 Å². The molecule has 4 aliphatic rings. The van der Waals surface area contributed by atoms with Gasteiger partial charge in [-0.2, -0.15) is 0 Å². The van der Waals surface area contributed by atoms with Crippen LogP contribution in [0, 0.1) is 22.7 Å². The normalized spacial score (nSPS) is 40.5. The van der Waals surface area contributed by atoms with Gasteiger partial charge in [0.2, 0.25) is 0 Å². The molecule has 0 spiro atoms. The van der Waals surface area contributed by atoms with E-state index in [2.05, 4.69) is 35.0 Å². The van der Waals surface area contributed by atoms with E-state index in [1.807, 2.05) is 12.1 Å². The lowest BCUT2D eigenvalue weighted by Gasteiger charge is -2.60. The summed E-state index contributed by atoms with van der Waals surface area (Å²) >= 11 is 3.47. The summed E-state index contributed by atoms with van der Waals surface area (Å²) in [7, 11) is 0. The summed E-state index contributed by atoms with van der Waals surface area (Å²) in [5.74, 6) is 2.17. The third kappa shape index (κ3) is 2.40. The zero-order valence-electron chi connectivity index (χ0n) is 12.7. The van der Waals surface area contributed by atoms with Gasteiger partial charge in [0.1, 0.15) is 5.78 Å². The Morgan fingerprint density at radius 1 is 1.14 bits per heavy atom. The highest BCUT2D eigenvalue weighted by molar-refractivity contribution is 9.10. The molecule has 0 aliphatic heterocycles. The van der Waals surface area contributed by atoms with Crippen LogP contribution in [-0.2, 0) is 11.2 Å². The minimum Gasteiger partial charge on any atom is -0.299 e. The van der Waals surface area contributed by atoms with Crippen LogP contribution < -0.4 is 0 Å². The van der Waals surface area contributed by atoms with Gasteiger partial charge in [0.15, 0.2) is 0 Å². The molecule has 4 aliphatic carbocycles. The van der Waals surface area contributed by atoms with Gasteiger partial charge in [-0.3, -0.25) is 4.79 Å². The number of carbonyl (C=O) groups is 1.